The Labute approximate surface area is 222 Å². The summed E-state index contributed by atoms with van der Waals surface area (Å²) in [5.74, 6) is 1.84. The molecule has 3 aromatic rings. The number of rotatable bonds is 11. The fourth-order valence-corrected chi connectivity index (χ4v) is 5.16. The van der Waals surface area contributed by atoms with Gasteiger partial charge in [-0.3, -0.25) is 9.88 Å². The first kappa shape index (κ1) is 26.7. The van der Waals surface area contributed by atoms with Crippen LogP contribution in [0.4, 0.5) is 0 Å². The van der Waals surface area contributed by atoms with Crippen molar-refractivity contribution in [2.75, 3.05) is 45.9 Å². The Morgan fingerprint density at radius 3 is 2.28 bits per heavy atom. The highest BCUT2D eigenvalue weighted by Gasteiger charge is 2.19. The summed E-state index contributed by atoms with van der Waals surface area (Å²) < 4.78 is 6.17. The maximum atomic E-state index is 6.17. The number of ether oxygens (including phenoxy) is 1. The van der Waals surface area contributed by atoms with Crippen LogP contribution in [0.15, 0.2) is 60.8 Å². The molecule has 0 bridgehead atoms. The fraction of sp³-hybridized carbons (Fsp3) is 0.452. The molecule has 36 heavy (non-hydrogen) atoms. The lowest BCUT2D eigenvalue weighted by molar-refractivity contribution is 0.144. The Morgan fingerprint density at radius 1 is 0.944 bits per heavy atom. The number of pyridine rings is 1. The van der Waals surface area contributed by atoms with Gasteiger partial charge in [0.1, 0.15) is 12.4 Å². The van der Waals surface area contributed by atoms with E-state index in [1.54, 1.807) is 0 Å². The minimum absolute atomic E-state index is 0.734. The Kier molecular flexibility index (Phi) is 9.80. The van der Waals surface area contributed by atoms with Crippen LogP contribution < -0.4 is 4.74 Å². The maximum absolute atomic E-state index is 6.17. The lowest BCUT2D eigenvalue weighted by Gasteiger charge is -2.32. The summed E-state index contributed by atoms with van der Waals surface area (Å²) in [4.78, 5) is 9.80. The number of piperidine rings is 1. The second-order valence-corrected chi connectivity index (χ2v) is 10.3. The molecule has 4 rings (SSSR count). The summed E-state index contributed by atoms with van der Waals surface area (Å²) >= 11 is 6.01. The highest BCUT2D eigenvalue weighted by atomic mass is 35.5. The molecule has 2 aromatic carbocycles. The monoisotopic (exact) mass is 505 g/mol. The highest BCUT2D eigenvalue weighted by molar-refractivity contribution is 6.30. The molecule has 4 nitrogen and oxygen atoms in total. The molecule has 0 aliphatic carbocycles. The molecular formula is C31H40ClN3O. The van der Waals surface area contributed by atoms with E-state index in [4.69, 9.17) is 21.3 Å². The van der Waals surface area contributed by atoms with Crippen molar-refractivity contribution in [3.05, 3.63) is 71.4 Å². The number of halogens is 1. The molecule has 0 unspecified atom stereocenters. The SMILES string of the molecule is CCN(CC)CCC1CCN(CCOc2ccc(-c3ccc(-c4ccc(Cl)cc4)cn3)cc2C)CC1. The molecule has 1 aliphatic heterocycles. The summed E-state index contributed by atoms with van der Waals surface area (Å²) in [6, 6.07) is 18.4. The summed E-state index contributed by atoms with van der Waals surface area (Å²) in [6.07, 6.45) is 5.90. The van der Waals surface area contributed by atoms with Gasteiger partial charge in [0, 0.05) is 28.9 Å². The van der Waals surface area contributed by atoms with Gasteiger partial charge in [0.05, 0.1) is 5.69 Å². The third kappa shape index (κ3) is 7.32. The molecule has 1 aliphatic rings. The van der Waals surface area contributed by atoms with E-state index in [9.17, 15) is 0 Å². The molecule has 0 atom stereocenters. The fourth-order valence-electron chi connectivity index (χ4n) is 5.04. The second-order valence-electron chi connectivity index (χ2n) is 9.87. The van der Waals surface area contributed by atoms with Crippen LogP contribution in [0.3, 0.4) is 0 Å². The minimum Gasteiger partial charge on any atom is -0.492 e. The van der Waals surface area contributed by atoms with Gasteiger partial charge >= 0.3 is 0 Å². The van der Waals surface area contributed by atoms with Gasteiger partial charge in [-0.2, -0.15) is 0 Å². The summed E-state index contributed by atoms with van der Waals surface area (Å²) in [5, 5.41) is 0.743. The van der Waals surface area contributed by atoms with Gasteiger partial charge < -0.3 is 9.64 Å². The summed E-state index contributed by atoms with van der Waals surface area (Å²) in [6.45, 7) is 14.3. The molecule has 1 fully saturated rings. The van der Waals surface area contributed by atoms with Gasteiger partial charge in [0.25, 0.3) is 0 Å². The lowest BCUT2D eigenvalue weighted by Crippen LogP contribution is -2.37. The molecule has 0 amide bonds. The second kappa shape index (κ2) is 13.2. The molecular weight excluding hydrogens is 466 g/mol. The third-order valence-corrected chi connectivity index (χ3v) is 7.78. The van der Waals surface area contributed by atoms with E-state index in [0.717, 1.165) is 57.8 Å². The zero-order valence-electron chi connectivity index (χ0n) is 22.0. The van der Waals surface area contributed by atoms with E-state index in [2.05, 4.69) is 60.9 Å². The molecule has 5 heteroatoms. The van der Waals surface area contributed by atoms with Crippen molar-refractivity contribution >= 4 is 11.6 Å². The van der Waals surface area contributed by atoms with Gasteiger partial charge in [0.15, 0.2) is 0 Å². The van der Waals surface area contributed by atoms with Gasteiger partial charge in [-0.05, 0) is 112 Å². The van der Waals surface area contributed by atoms with Crippen LogP contribution in [0.5, 0.6) is 5.75 Å². The molecule has 192 valence electrons. The van der Waals surface area contributed by atoms with Crippen LogP contribution in [0.1, 0.15) is 38.7 Å². The van der Waals surface area contributed by atoms with E-state index in [1.165, 1.54) is 52.0 Å². The largest absolute Gasteiger partial charge is 0.492 e. The average Bonchev–Trinajstić information content (AvgIpc) is 2.91. The number of aromatic nitrogens is 1. The number of likely N-dealkylation sites (tertiary alicyclic amines) is 1. The molecule has 0 radical (unpaired) electrons. The molecule has 0 N–H and O–H groups in total. The van der Waals surface area contributed by atoms with Crippen LogP contribution in [0.2, 0.25) is 5.02 Å². The van der Waals surface area contributed by atoms with Crippen LogP contribution in [0, 0.1) is 12.8 Å². The van der Waals surface area contributed by atoms with Crippen molar-refractivity contribution in [1.29, 1.82) is 0 Å². The van der Waals surface area contributed by atoms with E-state index in [0.29, 0.717) is 0 Å². The van der Waals surface area contributed by atoms with E-state index >= 15 is 0 Å². The van der Waals surface area contributed by atoms with E-state index in [1.807, 2.05) is 30.5 Å². The first-order chi connectivity index (χ1) is 17.6. The zero-order chi connectivity index (χ0) is 25.3. The van der Waals surface area contributed by atoms with Crippen molar-refractivity contribution in [2.24, 2.45) is 5.92 Å². The van der Waals surface area contributed by atoms with Crippen LogP contribution in [-0.4, -0.2) is 60.7 Å². The van der Waals surface area contributed by atoms with Gasteiger partial charge in [0.2, 0.25) is 0 Å². The first-order valence-corrected chi connectivity index (χ1v) is 13.8. The predicted octanol–water partition coefficient (Wildman–Crippen LogP) is 7.20. The van der Waals surface area contributed by atoms with Crippen molar-refractivity contribution in [2.45, 2.75) is 40.0 Å². The van der Waals surface area contributed by atoms with E-state index in [-0.39, 0.29) is 0 Å². The van der Waals surface area contributed by atoms with E-state index < -0.39 is 0 Å². The first-order valence-electron chi connectivity index (χ1n) is 13.5. The molecule has 1 aromatic heterocycles. The smallest absolute Gasteiger partial charge is 0.122 e. The number of aryl methyl sites for hydroxylation is 1. The van der Waals surface area contributed by atoms with Crippen LogP contribution in [0.25, 0.3) is 22.4 Å². The zero-order valence-corrected chi connectivity index (χ0v) is 22.8. The third-order valence-electron chi connectivity index (χ3n) is 7.53. The summed E-state index contributed by atoms with van der Waals surface area (Å²) in [5.41, 5.74) is 5.41. The quantitative estimate of drug-likeness (QED) is 0.275. The molecule has 0 saturated carbocycles. The number of hydrogen-bond donors (Lipinski definition) is 0. The standard InChI is InChI=1S/C31H40ClN3O/c1-4-34(5-2)17-14-25-15-18-35(19-16-25)20-21-36-31-13-9-27(22-24(31)3)30-12-8-28(23-33-30)26-6-10-29(32)11-7-26/h6-13,22-23,25H,4-5,14-21H2,1-3H3. The highest BCUT2D eigenvalue weighted by Crippen LogP contribution is 2.28. The van der Waals surface area contributed by atoms with Crippen molar-refractivity contribution < 1.29 is 4.74 Å². The predicted molar refractivity (Wildman–Crippen MR) is 152 cm³/mol. The van der Waals surface area contributed by atoms with Gasteiger partial charge in [-0.1, -0.05) is 43.6 Å². The molecule has 0 spiro atoms. The normalized spacial score (nSPS) is 14.9. The van der Waals surface area contributed by atoms with Gasteiger partial charge in [-0.15, -0.1) is 0 Å². The topological polar surface area (TPSA) is 28.6 Å². The van der Waals surface area contributed by atoms with Crippen LogP contribution >= 0.6 is 11.6 Å². The molecule has 1 saturated heterocycles. The van der Waals surface area contributed by atoms with Gasteiger partial charge in [-0.25, -0.2) is 0 Å². The Balaban J connectivity index is 1.23. The number of nitrogens with zero attached hydrogens (tertiary/aromatic N) is 3. The Bertz CT molecular complexity index is 1070. The summed E-state index contributed by atoms with van der Waals surface area (Å²) in [7, 11) is 0. The molecule has 2 heterocycles. The lowest BCUT2D eigenvalue weighted by atomic mass is 9.93. The maximum Gasteiger partial charge on any atom is 0.122 e. The Hall–Kier alpha value is -2.40. The van der Waals surface area contributed by atoms with Crippen LogP contribution in [-0.2, 0) is 0 Å². The number of hydrogen-bond acceptors (Lipinski definition) is 4. The number of benzene rings is 2. The van der Waals surface area contributed by atoms with Crippen molar-refractivity contribution in [1.82, 2.24) is 14.8 Å². The minimum atomic E-state index is 0.734. The average molecular weight is 506 g/mol. The van der Waals surface area contributed by atoms with Crippen molar-refractivity contribution in [3.63, 3.8) is 0 Å². The van der Waals surface area contributed by atoms with Crippen molar-refractivity contribution in [3.8, 4) is 28.1 Å². The Morgan fingerprint density at radius 2 is 1.64 bits per heavy atom.